The molecule has 0 saturated carbocycles. The maximum absolute atomic E-state index is 13.2. The molecule has 3 aromatic rings. The third kappa shape index (κ3) is 3.23. The molecule has 1 aromatic carbocycles. The highest BCUT2D eigenvalue weighted by Gasteiger charge is 2.37. The maximum Gasteiger partial charge on any atom is 0.262 e. The van der Waals surface area contributed by atoms with Crippen LogP contribution in [0.15, 0.2) is 41.7 Å². The van der Waals surface area contributed by atoms with Gasteiger partial charge >= 0.3 is 0 Å². The fourth-order valence-electron chi connectivity index (χ4n) is 3.61. The van der Waals surface area contributed by atoms with Crippen molar-refractivity contribution in [1.82, 2.24) is 29.1 Å². The van der Waals surface area contributed by atoms with Crippen molar-refractivity contribution in [3.8, 4) is 5.69 Å². The summed E-state index contributed by atoms with van der Waals surface area (Å²) in [6.07, 6.45) is 3.68. The first kappa shape index (κ1) is 19.1. The van der Waals surface area contributed by atoms with E-state index in [0.29, 0.717) is 18.0 Å². The molecule has 0 radical (unpaired) electrons. The van der Waals surface area contributed by atoms with Gasteiger partial charge in [0.15, 0.2) is 5.03 Å². The second-order valence-electron chi connectivity index (χ2n) is 7.79. The van der Waals surface area contributed by atoms with Crippen molar-refractivity contribution in [3.05, 3.63) is 52.9 Å². The minimum absolute atomic E-state index is 0.0743. The van der Waals surface area contributed by atoms with Crippen LogP contribution in [0.25, 0.3) is 5.69 Å². The lowest BCUT2D eigenvalue weighted by atomic mass is 9.88. The molecular weight excluding hydrogens is 400 g/mol. The van der Waals surface area contributed by atoms with Gasteiger partial charge in [0.05, 0.1) is 23.1 Å². The van der Waals surface area contributed by atoms with Crippen LogP contribution in [0.2, 0.25) is 5.02 Å². The number of aryl methyl sites for hydroxylation is 1. The van der Waals surface area contributed by atoms with E-state index in [1.54, 1.807) is 13.2 Å². The standard InChI is InChI=1S/C18H21ClN6O2S/c1-18(2)8-16-13(9-21-25(16)15-7-5-4-6-14(15)19)11-24(12-18)28(26,27)17-10-20-22-23(17)3/h4-7,9-10H,8,11-12H2,1-3H3. The first-order valence-electron chi connectivity index (χ1n) is 8.84. The Morgan fingerprint density at radius 2 is 1.93 bits per heavy atom. The largest absolute Gasteiger partial charge is 0.262 e. The van der Waals surface area contributed by atoms with Gasteiger partial charge in [-0.25, -0.2) is 17.8 Å². The molecule has 28 heavy (non-hydrogen) atoms. The normalized spacial score (nSPS) is 17.3. The highest BCUT2D eigenvalue weighted by atomic mass is 35.5. The summed E-state index contributed by atoms with van der Waals surface area (Å²) in [5.74, 6) is 0. The van der Waals surface area contributed by atoms with Crippen LogP contribution in [0.4, 0.5) is 0 Å². The average Bonchev–Trinajstić information content (AvgIpc) is 3.18. The Bertz CT molecular complexity index is 1130. The Balaban J connectivity index is 1.80. The summed E-state index contributed by atoms with van der Waals surface area (Å²) in [6, 6.07) is 7.50. The van der Waals surface area contributed by atoms with Crippen molar-refractivity contribution in [2.24, 2.45) is 12.5 Å². The fraction of sp³-hybridized carbons (Fsp3) is 0.389. The molecule has 0 amide bonds. The maximum atomic E-state index is 13.2. The molecule has 0 N–H and O–H groups in total. The quantitative estimate of drug-likeness (QED) is 0.649. The van der Waals surface area contributed by atoms with Crippen molar-refractivity contribution < 1.29 is 8.42 Å². The monoisotopic (exact) mass is 420 g/mol. The zero-order valence-corrected chi connectivity index (χ0v) is 17.4. The molecule has 0 unspecified atom stereocenters. The molecule has 4 rings (SSSR count). The SMILES string of the molecule is Cn1nncc1S(=O)(=O)N1Cc2cnn(-c3ccccc3Cl)c2CC(C)(C)C1. The molecule has 0 saturated heterocycles. The van der Waals surface area contributed by atoms with Crippen LogP contribution in [-0.2, 0) is 30.0 Å². The van der Waals surface area contributed by atoms with Crippen LogP contribution in [-0.4, -0.2) is 44.0 Å². The Hall–Kier alpha value is -2.23. The Morgan fingerprint density at radius 3 is 2.61 bits per heavy atom. The molecule has 0 spiro atoms. The molecular formula is C18H21ClN6O2S. The highest BCUT2D eigenvalue weighted by Crippen LogP contribution is 2.34. The van der Waals surface area contributed by atoms with E-state index in [0.717, 1.165) is 16.9 Å². The summed E-state index contributed by atoms with van der Waals surface area (Å²) in [6.45, 7) is 4.71. The van der Waals surface area contributed by atoms with Gasteiger partial charge in [-0.15, -0.1) is 5.10 Å². The van der Waals surface area contributed by atoms with Gasteiger partial charge in [-0.1, -0.05) is 42.8 Å². The Labute approximate surface area is 168 Å². The van der Waals surface area contributed by atoms with Gasteiger partial charge in [0.2, 0.25) is 0 Å². The minimum atomic E-state index is -3.74. The molecule has 10 heteroatoms. The summed E-state index contributed by atoms with van der Waals surface area (Å²) in [5.41, 5.74) is 2.32. The van der Waals surface area contributed by atoms with Crippen molar-refractivity contribution in [3.63, 3.8) is 0 Å². The number of benzene rings is 1. The van der Waals surface area contributed by atoms with E-state index in [-0.39, 0.29) is 17.0 Å². The van der Waals surface area contributed by atoms with Gasteiger partial charge in [-0.2, -0.15) is 9.40 Å². The second-order valence-corrected chi connectivity index (χ2v) is 10.1. The van der Waals surface area contributed by atoms with E-state index in [4.69, 9.17) is 11.6 Å². The van der Waals surface area contributed by atoms with Crippen LogP contribution >= 0.6 is 11.6 Å². The Morgan fingerprint density at radius 1 is 1.18 bits per heavy atom. The molecule has 0 fully saturated rings. The first-order valence-corrected chi connectivity index (χ1v) is 10.7. The summed E-state index contributed by atoms with van der Waals surface area (Å²) >= 11 is 6.37. The topological polar surface area (TPSA) is 85.9 Å². The molecule has 0 atom stereocenters. The zero-order chi connectivity index (χ0) is 20.1. The Kier molecular flexibility index (Phi) is 4.56. The number of rotatable bonds is 3. The highest BCUT2D eigenvalue weighted by molar-refractivity contribution is 7.89. The molecule has 148 valence electrons. The number of sulfonamides is 1. The van der Waals surface area contributed by atoms with E-state index < -0.39 is 10.0 Å². The summed E-state index contributed by atoms with van der Waals surface area (Å²) in [4.78, 5) is 0. The minimum Gasteiger partial charge on any atom is -0.236 e. The van der Waals surface area contributed by atoms with Crippen molar-refractivity contribution >= 4 is 21.6 Å². The number of aromatic nitrogens is 5. The lowest BCUT2D eigenvalue weighted by Crippen LogP contribution is -2.38. The third-order valence-electron chi connectivity index (χ3n) is 4.91. The molecule has 3 heterocycles. The average molecular weight is 421 g/mol. The van der Waals surface area contributed by atoms with Crippen LogP contribution in [0.5, 0.6) is 0 Å². The van der Waals surface area contributed by atoms with Crippen molar-refractivity contribution in [2.45, 2.75) is 31.8 Å². The van der Waals surface area contributed by atoms with E-state index in [2.05, 4.69) is 29.3 Å². The van der Waals surface area contributed by atoms with Crippen LogP contribution in [0, 0.1) is 5.41 Å². The zero-order valence-electron chi connectivity index (χ0n) is 15.9. The van der Waals surface area contributed by atoms with Gasteiger partial charge in [-0.05, 0) is 24.0 Å². The summed E-state index contributed by atoms with van der Waals surface area (Å²) in [5, 5.41) is 12.7. The van der Waals surface area contributed by atoms with Crippen LogP contribution in [0.3, 0.4) is 0 Å². The fourth-order valence-corrected chi connectivity index (χ4v) is 5.47. The molecule has 0 bridgehead atoms. The molecule has 2 aromatic heterocycles. The van der Waals surface area contributed by atoms with Crippen molar-refractivity contribution in [2.75, 3.05) is 6.54 Å². The summed E-state index contributed by atoms with van der Waals surface area (Å²) in [7, 11) is -2.17. The number of hydrogen-bond donors (Lipinski definition) is 0. The lowest BCUT2D eigenvalue weighted by molar-refractivity contribution is 0.262. The predicted molar refractivity (Wildman–Crippen MR) is 105 cm³/mol. The summed E-state index contributed by atoms with van der Waals surface area (Å²) < 4.78 is 31.0. The van der Waals surface area contributed by atoms with Crippen LogP contribution in [0.1, 0.15) is 25.1 Å². The number of halogens is 1. The molecule has 1 aliphatic rings. The third-order valence-corrected chi connectivity index (χ3v) is 7.07. The predicted octanol–water partition coefficient (Wildman–Crippen LogP) is 2.43. The number of para-hydroxylation sites is 1. The van der Waals surface area contributed by atoms with Crippen LogP contribution < -0.4 is 0 Å². The molecule has 8 nitrogen and oxygen atoms in total. The number of fused-ring (bicyclic) bond motifs is 1. The number of nitrogens with zero attached hydrogens (tertiary/aromatic N) is 6. The lowest BCUT2D eigenvalue weighted by Gasteiger charge is -2.29. The molecule has 0 aliphatic carbocycles. The van der Waals surface area contributed by atoms with Gasteiger partial charge < -0.3 is 0 Å². The van der Waals surface area contributed by atoms with E-state index in [1.165, 1.54) is 15.2 Å². The number of hydrogen-bond acceptors (Lipinski definition) is 5. The van der Waals surface area contributed by atoms with E-state index in [1.807, 2.05) is 28.9 Å². The first-order chi connectivity index (χ1) is 13.2. The van der Waals surface area contributed by atoms with Gasteiger partial charge in [0, 0.05) is 31.4 Å². The second kappa shape index (κ2) is 6.68. The smallest absolute Gasteiger partial charge is 0.236 e. The van der Waals surface area contributed by atoms with E-state index >= 15 is 0 Å². The van der Waals surface area contributed by atoms with Crippen molar-refractivity contribution in [1.29, 1.82) is 0 Å². The van der Waals surface area contributed by atoms with E-state index in [9.17, 15) is 8.42 Å². The van der Waals surface area contributed by atoms with Gasteiger partial charge in [0.1, 0.15) is 0 Å². The van der Waals surface area contributed by atoms with Gasteiger partial charge in [-0.3, -0.25) is 0 Å². The van der Waals surface area contributed by atoms with Gasteiger partial charge in [0.25, 0.3) is 10.0 Å². The molecule has 1 aliphatic heterocycles.